The lowest BCUT2D eigenvalue weighted by atomic mass is 10.3. The molecule has 0 aliphatic carbocycles. The first kappa shape index (κ1) is 19.3. The largest absolute Gasteiger partial charge is 0.573 e. The Balaban J connectivity index is 2.22. The van der Waals surface area contributed by atoms with E-state index in [-0.39, 0.29) is 24.6 Å². The number of sulfonamides is 1. The van der Waals surface area contributed by atoms with Crippen LogP contribution in [-0.4, -0.2) is 39.3 Å². The van der Waals surface area contributed by atoms with E-state index < -0.39 is 22.1 Å². The van der Waals surface area contributed by atoms with Crippen LogP contribution in [0, 0.1) is 0 Å². The molecule has 1 aromatic heterocycles. The molecule has 0 radical (unpaired) electrons. The van der Waals surface area contributed by atoms with Gasteiger partial charge in [-0.1, -0.05) is 0 Å². The molecule has 0 amide bonds. The standard InChI is InChI=1S/C15H16F3NO5S/c1-22-9-7-19(10-12-6-8-23-11-12)25(20,21)14-4-2-13(3-5-14)24-15(16,17)18/h2-6,8,11H,7,9-10H2,1H3. The molecule has 0 atom stereocenters. The maximum Gasteiger partial charge on any atom is 0.573 e. The topological polar surface area (TPSA) is 69.0 Å². The molecule has 0 fully saturated rings. The van der Waals surface area contributed by atoms with E-state index in [9.17, 15) is 21.6 Å². The zero-order valence-electron chi connectivity index (χ0n) is 13.2. The van der Waals surface area contributed by atoms with Crippen LogP contribution in [-0.2, 0) is 21.3 Å². The molecule has 2 aromatic rings. The predicted molar refractivity (Wildman–Crippen MR) is 81.3 cm³/mol. The number of ether oxygens (including phenoxy) is 2. The van der Waals surface area contributed by atoms with Crippen LogP contribution >= 0.6 is 0 Å². The molecule has 0 bridgehead atoms. The lowest BCUT2D eigenvalue weighted by molar-refractivity contribution is -0.274. The average molecular weight is 379 g/mol. The summed E-state index contributed by atoms with van der Waals surface area (Å²) >= 11 is 0. The molecule has 0 saturated heterocycles. The third-order valence-electron chi connectivity index (χ3n) is 3.18. The van der Waals surface area contributed by atoms with Crippen LogP contribution in [0.3, 0.4) is 0 Å². The van der Waals surface area contributed by atoms with Crippen molar-refractivity contribution in [3.63, 3.8) is 0 Å². The quantitative estimate of drug-likeness (QED) is 0.705. The first-order chi connectivity index (χ1) is 11.7. The molecule has 138 valence electrons. The van der Waals surface area contributed by atoms with Gasteiger partial charge in [0, 0.05) is 25.8 Å². The minimum atomic E-state index is -4.84. The average Bonchev–Trinajstić information content (AvgIpc) is 3.03. The molecule has 0 saturated carbocycles. The van der Waals surface area contributed by atoms with E-state index in [0.717, 1.165) is 28.6 Å². The van der Waals surface area contributed by atoms with Crippen LogP contribution in [0.1, 0.15) is 5.56 Å². The summed E-state index contributed by atoms with van der Waals surface area (Å²) in [7, 11) is -2.50. The molecule has 0 unspecified atom stereocenters. The molecule has 1 aromatic carbocycles. The molecule has 0 aliphatic heterocycles. The summed E-state index contributed by atoms with van der Waals surface area (Å²) in [4.78, 5) is -0.151. The van der Waals surface area contributed by atoms with Gasteiger partial charge in [-0.05, 0) is 30.3 Å². The van der Waals surface area contributed by atoms with Crippen LogP contribution in [0.4, 0.5) is 13.2 Å². The zero-order chi connectivity index (χ0) is 18.5. The first-order valence-corrected chi connectivity index (χ1v) is 8.52. The summed E-state index contributed by atoms with van der Waals surface area (Å²) in [6.07, 6.45) is -2.01. The second-order valence-electron chi connectivity index (χ2n) is 4.98. The Bertz CT molecular complexity index is 757. The fraction of sp³-hybridized carbons (Fsp3) is 0.333. The highest BCUT2D eigenvalue weighted by Gasteiger charge is 2.31. The Morgan fingerprint density at radius 2 is 1.84 bits per heavy atom. The van der Waals surface area contributed by atoms with Gasteiger partial charge in [-0.3, -0.25) is 0 Å². The summed E-state index contributed by atoms with van der Waals surface area (Å²) in [5.41, 5.74) is 0.636. The minimum absolute atomic E-state index is 0.0446. The van der Waals surface area contributed by atoms with Gasteiger partial charge in [-0.25, -0.2) is 8.42 Å². The molecule has 10 heteroatoms. The second-order valence-corrected chi connectivity index (χ2v) is 6.92. The summed E-state index contributed by atoms with van der Waals surface area (Å²) in [5, 5.41) is 0. The van der Waals surface area contributed by atoms with Crippen molar-refractivity contribution in [1.29, 1.82) is 0 Å². The molecule has 2 rings (SSSR count). The van der Waals surface area contributed by atoms with Crippen LogP contribution in [0.2, 0.25) is 0 Å². The number of nitrogens with zero attached hydrogens (tertiary/aromatic N) is 1. The van der Waals surface area contributed by atoms with Crippen molar-refractivity contribution in [3.8, 4) is 5.75 Å². The maximum atomic E-state index is 12.7. The summed E-state index contributed by atoms with van der Waals surface area (Å²) < 4.78 is 76.8. The van der Waals surface area contributed by atoms with E-state index in [0.29, 0.717) is 5.56 Å². The van der Waals surface area contributed by atoms with Crippen molar-refractivity contribution >= 4 is 10.0 Å². The molecule has 1 heterocycles. The van der Waals surface area contributed by atoms with Gasteiger partial charge >= 0.3 is 6.36 Å². The van der Waals surface area contributed by atoms with E-state index in [1.807, 2.05) is 0 Å². The van der Waals surface area contributed by atoms with Gasteiger partial charge < -0.3 is 13.9 Å². The molecule has 0 spiro atoms. The Morgan fingerprint density at radius 3 is 2.36 bits per heavy atom. The normalized spacial score (nSPS) is 12.5. The summed E-state index contributed by atoms with van der Waals surface area (Å²) in [5.74, 6) is -0.496. The highest BCUT2D eigenvalue weighted by molar-refractivity contribution is 7.89. The number of benzene rings is 1. The fourth-order valence-electron chi connectivity index (χ4n) is 2.03. The highest BCUT2D eigenvalue weighted by Crippen LogP contribution is 2.25. The number of methoxy groups -OCH3 is 1. The Morgan fingerprint density at radius 1 is 1.16 bits per heavy atom. The fourth-order valence-corrected chi connectivity index (χ4v) is 3.44. The highest BCUT2D eigenvalue weighted by atomic mass is 32.2. The van der Waals surface area contributed by atoms with Crippen LogP contribution < -0.4 is 4.74 Å². The Hall–Kier alpha value is -2.04. The predicted octanol–water partition coefficient (Wildman–Crippen LogP) is 3.02. The van der Waals surface area contributed by atoms with Crippen molar-refractivity contribution in [2.75, 3.05) is 20.3 Å². The zero-order valence-corrected chi connectivity index (χ0v) is 14.0. The number of alkyl halides is 3. The van der Waals surface area contributed by atoms with E-state index in [1.54, 1.807) is 6.07 Å². The smallest absolute Gasteiger partial charge is 0.472 e. The van der Waals surface area contributed by atoms with E-state index in [2.05, 4.69) is 4.74 Å². The number of halogens is 3. The van der Waals surface area contributed by atoms with Crippen molar-refractivity contribution < 1.29 is 35.5 Å². The van der Waals surface area contributed by atoms with Gasteiger partial charge in [-0.15, -0.1) is 13.2 Å². The SMILES string of the molecule is COCCN(Cc1ccoc1)S(=O)(=O)c1ccc(OC(F)(F)F)cc1. The van der Waals surface area contributed by atoms with E-state index >= 15 is 0 Å². The third-order valence-corrected chi connectivity index (χ3v) is 5.04. The third kappa shape index (κ3) is 5.48. The second kappa shape index (κ2) is 7.89. The first-order valence-electron chi connectivity index (χ1n) is 7.08. The van der Waals surface area contributed by atoms with Crippen LogP contribution in [0.5, 0.6) is 5.75 Å². The summed E-state index contributed by atoms with van der Waals surface area (Å²) in [6.45, 7) is 0.278. The number of hydrogen-bond acceptors (Lipinski definition) is 5. The number of furan rings is 1. The van der Waals surface area contributed by atoms with Gasteiger partial charge in [0.1, 0.15) is 5.75 Å². The molecular weight excluding hydrogens is 363 g/mol. The lowest BCUT2D eigenvalue weighted by Crippen LogP contribution is -2.33. The lowest BCUT2D eigenvalue weighted by Gasteiger charge is -2.21. The van der Waals surface area contributed by atoms with Gasteiger partial charge in [-0.2, -0.15) is 4.31 Å². The Labute approximate surface area is 142 Å². The van der Waals surface area contributed by atoms with Crippen molar-refractivity contribution in [2.45, 2.75) is 17.8 Å². The van der Waals surface area contributed by atoms with Crippen molar-refractivity contribution in [2.24, 2.45) is 0 Å². The van der Waals surface area contributed by atoms with Crippen molar-refractivity contribution in [3.05, 3.63) is 48.4 Å². The van der Waals surface area contributed by atoms with Gasteiger partial charge in [0.05, 0.1) is 24.0 Å². The summed E-state index contributed by atoms with van der Waals surface area (Å²) in [6, 6.07) is 5.65. The van der Waals surface area contributed by atoms with Crippen molar-refractivity contribution in [1.82, 2.24) is 4.31 Å². The van der Waals surface area contributed by atoms with Crippen LogP contribution in [0.15, 0.2) is 52.2 Å². The van der Waals surface area contributed by atoms with Gasteiger partial charge in [0.15, 0.2) is 0 Å². The van der Waals surface area contributed by atoms with Gasteiger partial charge in [0.2, 0.25) is 10.0 Å². The monoisotopic (exact) mass is 379 g/mol. The molecule has 25 heavy (non-hydrogen) atoms. The number of hydrogen-bond donors (Lipinski definition) is 0. The number of rotatable bonds is 8. The van der Waals surface area contributed by atoms with Gasteiger partial charge in [0.25, 0.3) is 0 Å². The molecule has 0 N–H and O–H groups in total. The molecule has 0 aliphatic rings. The maximum absolute atomic E-state index is 12.7. The van der Waals surface area contributed by atoms with Crippen LogP contribution in [0.25, 0.3) is 0 Å². The Kier molecular flexibility index (Phi) is 6.09. The van der Waals surface area contributed by atoms with E-state index in [4.69, 9.17) is 9.15 Å². The molecule has 6 nitrogen and oxygen atoms in total. The van der Waals surface area contributed by atoms with E-state index in [1.165, 1.54) is 19.6 Å². The molecular formula is C15H16F3NO5S. The minimum Gasteiger partial charge on any atom is -0.472 e.